The molecule has 0 fully saturated rings. The number of aliphatic hydroxyl groups is 1. The van der Waals surface area contributed by atoms with Crippen molar-refractivity contribution in [1.29, 1.82) is 5.26 Å². The van der Waals surface area contributed by atoms with Crippen molar-refractivity contribution in [1.82, 2.24) is 9.55 Å². The van der Waals surface area contributed by atoms with E-state index in [9.17, 15) is 10.4 Å². The molecular weight excluding hydrogens is 338 g/mol. The van der Waals surface area contributed by atoms with Crippen molar-refractivity contribution in [3.63, 3.8) is 0 Å². The molecule has 2 aromatic carbocycles. The lowest BCUT2D eigenvalue weighted by Crippen LogP contribution is -2.08. The van der Waals surface area contributed by atoms with Gasteiger partial charge in [0, 0.05) is 33.0 Å². The number of nitriles is 1. The van der Waals surface area contributed by atoms with Gasteiger partial charge in [-0.3, -0.25) is 4.99 Å². The summed E-state index contributed by atoms with van der Waals surface area (Å²) < 4.78 is 1.80. The third-order valence-corrected chi connectivity index (χ3v) is 4.30. The number of aryl methyl sites for hydroxylation is 1. The molecule has 0 aliphatic rings. The van der Waals surface area contributed by atoms with Crippen molar-refractivity contribution < 1.29 is 5.11 Å². The Morgan fingerprint density at radius 1 is 1.22 bits per heavy atom. The van der Waals surface area contributed by atoms with Gasteiger partial charge in [0.2, 0.25) is 0 Å². The van der Waals surface area contributed by atoms with Gasteiger partial charge in [0.1, 0.15) is 17.4 Å². The average molecular weight is 359 g/mol. The summed E-state index contributed by atoms with van der Waals surface area (Å²) in [5.41, 5.74) is 3.84. The number of hydrogen-bond acceptors (Lipinski definition) is 5. The van der Waals surface area contributed by atoms with Crippen LogP contribution >= 0.6 is 0 Å². The zero-order valence-corrected chi connectivity index (χ0v) is 15.6. The van der Waals surface area contributed by atoms with E-state index in [0.29, 0.717) is 5.82 Å². The quantitative estimate of drug-likeness (QED) is 0.429. The Hall–Kier alpha value is -3.59. The highest BCUT2D eigenvalue weighted by atomic mass is 16.3. The molecule has 0 saturated heterocycles. The maximum Gasteiger partial charge on any atom is 0.155 e. The Balaban J connectivity index is 1.83. The number of nitrogens with zero attached hydrogens (tertiary/aromatic N) is 5. The lowest BCUT2D eigenvalue weighted by Gasteiger charge is -2.11. The van der Waals surface area contributed by atoms with E-state index in [-0.39, 0.29) is 17.9 Å². The number of benzene rings is 2. The Kier molecular flexibility index (Phi) is 5.23. The second kappa shape index (κ2) is 7.75. The second-order valence-electron chi connectivity index (χ2n) is 6.37. The van der Waals surface area contributed by atoms with Gasteiger partial charge in [-0.15, -0.1) is 0 Å². The minimum Gasteiger partial charge on any atom is -0.509 e. The maximum absolute atomic E-state index is 10.4. The third kappa shape index (κ3) is 3.82. The van der Waals surface area contributed by atoms with Crippen molar-refractivity contribution in [2.24, 2.45) is 12.0 Å². The summed E-state index contributed by atoms with van der Waals surface area (Å²) in [5, 5.41) is 19.9. The summed E-state index contributed by atoms with van der Waals surface area (Å²) in [7, 11) is 5.79. The van der Waals surface area contributed by atoms with Gasteiger partial charge in [-0.25, -0.2) is 4.98 Å². The van der Waals surface area contributed by atoms with Gasteiger partial charge in [0.25, 0.3) is 0 Å². The number of imidazole rings is 1. The van der Waals surface area contributed by atoms with Crippen LogP contribution in [-0.2, 0) is 7.05 Å². The van der Waals surface area contributed by atoms with E-state index in [1.165, 1.54) is 0 Å². The minimum atomic E-state index is -0.0999. The monoisotopic (exact) mass is 359 g/mol. The van der Waals surface area contributed by atoms with E-state index in [1.807, 2.05) is 74.6 Å². The van der Waals surface area contributed by atoms with Gasteiger partial charge in [-0.05, 0) is 29.8 Å². The largest absolute Gasteiger partial charge is 0.509 e. The fourth-order valence-corrected chi connectivity index (χ4v) is 2.79. The van der Waals surface area contributed by atoms with E-state index in [4.69, 9.17) is 0 Å². The molecule has 27 heavy (non-hydrogen) atoms. The number of anilines is 1. The van der Waals surface area contributed by atoms with Crippen LogP contribution in [0.4, 0.5) is 5.69 Å². The molecule has 6 heteroatoms. The van der Waals surface area contributed by atoms with Gasteiger partial charge in [0.05, 0.1) is 17.6 Å². The molecule has 3 aromatic rings. The first-order chi connectivity index (χ1) is 13.0. The highest BCUT2D eigenvalue weighted by molar-refractivity contribution is 5.84. The molecule has 0 saturated carbocycles. The molecular formula is C21H21N5O. The Morgan fingerprint density at radius 3 is 2.56 bits per heavy atom. The van der Waals surface area contributed by atoms with Gasteiger partial charge in [0.15, 0.2) is 5.82 Å². The van der Waals surface area contributed by atoms with E-state index in [0.717, 1.165) is 22.3 Å². The molecule has 0 aliphatic carbocycles. The number of hydrogen-bond donors (Lipinski definition) is 1. The van der Waals surface area contributed by atoms with Crippen LogP contribution in [0.3, 0.4) is 0 Å². The fourth-order valence-electron chi connectivity index (χ4n) is 2.79. The van der Waals surface area contributed by atoms with E-state index in [2.05, 4.69) is 16.0 Å². The molecule has 1 aromatic heterocycles. The van der Waals surface area contributed by atoms with Crippen LogP contribution in [0.15, 0.2) is 59.3 Å². The molecule has 1 heterocycles. The highest BCUT2D eigenvalue weighted by Gasteiger charge is 2.15. The zero-order chi connectivity index (χ0) is 19.4. The predicted molar refractivity (Wildman–Crippen MR) is 109 cm³/mol. The molecule has 6 nitrogen and oxygen atoms in total. The van der Waals surface area contributed by atoms with Crippen LogP contribution in [0.2, 0.25) is 0 Å². The van der Waals surface area contributed by atoms with Crippen molar-refractivity contribution in [2.75, 3.05) is 25.5 Å². The summed E-state index contributed by atoms with van der Waals surface area (Å²) in [4.78, 5) is 10.7. The summed E-state index contributed by atoms with van der Waals surface area (Å²) in [6, 6.07) is 17.6. The summed E-state index contributed by atoms with van der Waals surface area (Å²) in [6.07, 6.45) is 1.68. The van der Waals surface area contributed by atoms with Crippen molar-refractivity contribution in [3.8, 4) is 6.07 Å². The smallest absolute Gasteiger partial charge is 0.155 e. The number of rotatable bonds is 5. The molecule has 0 atom stereocenters. The second-order valence-corrected chi connectivity index (χ2v) is 6.37. The standard InChI is InChI=1S/C21H21N5O/c1-25(2)16-10-8-15(9-11-16)13-23-14-20(27)17(12-22)21-24-18-6-4-5-7-19(18)26(21)3/h4-11,13,27H,14H2,1-3H3/b20-17-,23-13?. The number of aliphatic hydroxyl groups excluding tert-OH is 1. The minimum absolute atomic E-state index is 0.0154. The zero-order valence-electron chi connectivity index (χ0n) is 15.6. The van der Waals surface area contributed by atoms with Crippen LogP contribution in [-0.4, -0.2) is 41.5 Å². The average Bonchev–Trinajstić information content (AvgIpc) is 3.00. The molecule has 0 unspecified atom stereocenters. The SMILES string of the molecule is CN(C)c1ccc(C=NC/C(O)=C(\C#N)c2nc3ccccc3n2C)cc1. The first-order valence-electron chi connectivity index (χ1n) is 8.52. The Bertz CT molecular complexity index is 1050. The van der Waals surface area contributed by atoms with E-state index < -0.39 is 0 Å². The van der Waals surface area contributed by atoms with Gasteiger partial charge in [-0.2, -0.15) is 5.26 Å². The molecule has 3 rings (SSSR count). The number of aliphatic imine (C=N–C) groups is 1. The lowest BCUT2D eigenvalue weighted by molar-refractivity contribution is 0.407. The molecule has 0 radical (unpaired) electrons. The van der Waals surface area contributed by atoms with Gasteiger partial charge >= 0.3 is 0 Å². The van der Waals surface area contributed by atoms with Gasteiger partial charge in [-0.1, -0.05) is 24.3 Å². The van der Waals surface area contributed by atoms with Crippen molar-refractivity contribution in [2.45, 2.75) is 0 Å². The fraction of sp³-hybridized carbons (Fsp3) is 0.190. The van der Waals surface area contributed by atoms with Crippen molar-refractivity contribution in [3.05, 3.63) is 65.7 Å². The van der Waals surface area contributed by atoms with Crippen LogP contribution < -0.4 is 4.90 Å². The first kappa shape index (κ1) is 18.2. The van der Waals surface area contributed by atoms with Crippen LogP contribution in [0.25, 0.3) is 16.6 Å². The molecule has 1 N–H and O–H groups in total. The third-order valence-electron chi connectivity index (χ3n) is 4.30. The number of aromatic nitrogens is 2. The lowest BCUT2D eigenvalue weighted by atomic mass is 10.2. The molecule has 0 amide bonds. The molecule has 0 spiro atoms. The highest BCUT2D eigenvalue weighted by Crippen LogP contribution is 2.21. The molecule has 0 bridgehead atoms. The summed E-state index contributed by atoms with van der Waals surface area (Å²) in [5.74, 6) is 0.332. The number of para-hydroxylation sites is 2. The normalized spacial score (nSPS) is 12.2. The number of fused-ring (bicyclic) bond motifs is 1. The van der Waals surface area contributed by atoms with Gasteiger partial charge < -0.3 is 14.6 Å². The first-order valence-corrected chi connectivity index (χ1v) is 8.52. The van der Waals surface area contributed by atoms with E-state index >= 15 is 0 Å². The van der Waals surface area contributed by atoms with E-state index in [1.54, 1.807) is 10.8 Å². The molecule has 136 valence electrons. The topological polar surface area (TPSA) is 77.4 Å². The predicted octanol–water partition coefficient (Wildman–Crippen LogP) is 3.55. The van der Waals surface area contributed by atoms with Crippen LogP contribution in [0.5, 0.6) is 0 Å². The summed E-state index contributed by atoms with van der Waals surface area (Å²) >= 11 is 0. The Morgan fingerprint density at radius 2 is 1.93 bits per heavy atom. The summed E-state index contributed by atoms with van der Waals surface area (Å²) in [6.45, 7) is 0.0154. The number of allylic oxidation sites excluding steroid dienone is 1. The Labute approximate surface area is 158 Å². The maximum atomic E-state index is 10.4. The van der Waals surface area contributed by atoms with Crippen LogP contribution in [0, 0.1) is 11.3 Å². The molecule has 0 aliphatic heterocycles. The van der Waals surface area contributed by atoms with Crippen LogP contribution in [0.1, 0.15) is 11.4 Å². The van der Waals surface area contributed by atoms with Crippen molar-refractivity contribution >= 4 is 28.5 Å².